The number of nitrogens with zero attached hydrogens (tertiary/aromatic N) is 1. The highest BCUT2D eigenvalue weighted by molar-refractivity contribution is 5.90. The number of amides is 2. The SMILES string of the molecule is O=C1C[C@@H](C(=O)NC2CCN(Cc3ccccc3)CC2)[C@H](c2ccccc2)N1. The molecule has 2 saturated heterocycles. The monoisotopic (exact) mass is 377 g/mol. The van der Waals surface area contributed by atoms with Gasteiger partial charge in [0.25, 0.3) is 0 Å². The summed E-state index contributed by atoms with van der Waals surface area (Å²) in [4.78, 5) is 27.3. The van der Waals surface area contributed by atoms with Gasteiger partial charge in [0.15, 0.2) is 0 Å². The van der Waals surface area contributed by atoms with E-state index in [4.69, 9.17) is 0 Å². The average molecular weight is 377 g/mol. The third kappa shape index (κ3) is 4.42. The number of hydrogen-bond donors (Lipinski definition) is 2. The fraction of sp³-hybridized carbons (Fsp3) is 0.391. The molecule has 2 fully saturated rings. The quantitative estimate of drug-likeness (QED) is 0.842. The van der Waals surface area contributed by atoms with Crippen molar-refractivity contribution in [1.29, 1.82) is 0 Å². The number of carbonyl (C=O) groups is 2. The maximum atomic E-state index is 12.9. The summed E-state index contributed by atoms with van der Waals surface area (Å²) in [6, 6.07) is 20.2. The smallest absolute Gasteiger partial charge is 0.226 e. The van der Waals surface area contributed by atoms with Crippen molar-refractivity contribution in [2.45, 2.75) is 37.9 Å². The zero-order valence-corrected chi connectivity index (χ0v) is 16.0. The van der Waals surface area contributed by atoms with Crippen molar-refractivity contribution in [3.8, 4) is 0 Å². The number of piperidine rings is 1. The fourth-order valence-corrected chi connectivity index (χ4v) is 4.26. The van der Waals surface area contributed by atoms with E-state index in [1.807, 2.05) is 36.4 Å². The lowest BCUT2D eigenvalue weighted by molar-refractivity contribution is -0.127. The minimum absolute atomic E-state index is 0.00582. The highest BCUT2D eigenvalue weighted by Crippen LogP contribution is 2.30. The molecule has 0 unspecified atom stereocenters. The van der Waals surface area contributed by atoms with Crippen LogP contribution in [0.5, 0.6) is 0 Å². The number of likely N-dealkylation sites (tertiary alicyclic amines) is 1. The number of nitrogens with one attached hydrogen (secondary N) is 2. The molecule has 0 aromatic heterocycles. The van der Waals surface area contributed by atoms with Gasteiger partial charge in [0, 0.05) is 32.1 Å². The third-order valence-corrected chi connectivity index (χ3v) is 5.80. The summed E-state index contributed by atoms with van der Waals surface area (Å²) < 4.78 is 0. The summed E-state index contributed by atoms with van der Waals surface area (Å²) in [7, 11) is 0. The minimum Gasteiger partial charge on any atom is -0.353 e. The van der Waals surface area contributed by atoms with Crippen LogP contribution in [0.4, 0.5) is 0 Å². The Morgan fingerprint density at radius 2 is 1.64 bits per heavy atom. The Bertz CT molecular complexity index is 801. The summed E-state index contributed by atoms with van der Waals surface area (Å²) in [6.07, 6.45) is 2.16. The first-order valence-corrected chi connectivity index (χ1v) is 10.1. The Kier molecular flexibility index (Phi) is 5.72. The molecule has 2 atom stereocenters. The molecular formula is C23H27N3O2. The summed E-state index contributed by atoms with van der Waals surface area (Å²) in [5, 5.41) is 6.17. The molecule has 0 radical (unpaired) electrons. The molecule has 2 amide bonds. The van der Waals surface area contributed by atoms with Crippen LogP contribution in [0.25, 0.3) is 0 Å². The van der Waals surface area contributed by atoms with Crippen molar-refractivity contribution in [1.82, 2.24) is 15.5 Å². The van der Waals surface area contributed by atoms with E-state index in [9.17, 15) is 9.59 Å². The molecule has 2 aromatic rings. The number of hydrogen-bond acceptors (Lipinski definition) is 3. The van der Waals surface area contributed by atoms with E-state index in [0.29, 0.717) is 0 Å². The molecule has 2 aliphatic rings. The van der Waals surface area contributed by atoms with Crippen molar-refractivity contribution < 1.29 is 9.59 Å². The van der Waals surface area contributed by atoms with Crippen molar-refractivity contribution >= 4 is 11.8 Å². The van der Waals surface area contributed by atoms with E-state index in [1.165, 1.54) is 5.56 Å². The van der Waals surface area contributed by atoms with Crippen LogP contribution in [0.3, 0.4) is 0 Å². The first-order chi connectivity index (χ1) is 13.7. The molecule has 0 spiro atoms. The van der Waals surface area contributed by atoms with Gasteiger partial charge in [-0.1, -0.05) is 60.7 Å². The molecule has 2 N–H and O–H groups in total. The van der Waals surface area contributed by atoms with Crippen LogP contribution < -0.4 is 10.6 Å². The number of benzene rings is 2. The van der Waals surface area contributed by atoms with E-state index >= 15 is 0 Å². The Balaban J connectivity index is 1.31. The predicted molar refractivity (Wildman–Crippen MR) is 108 cm³/mol. The van der Waals surface area contributed by atoms with E-state index in [1.54, 1.807) is 0 Å². The zero-order valence-electron chi connectivity index (χ0n) is 16.0. The van der Waals surface area contributed by atoms with Gasteiger partial charge in [0.1, 0.15) is 0 Å². The highest BCUT2D eigenvalue weighted by atomic mass is 16.2. The van der Waals surface area contributed by atoms with Gasteiger partial charge in [-0.3, -0.25) is 14.5 Å². The molecule has 28 heavy (non-hydrogen) atoms. The second-order valence-electron chi connectivity index (χ2n) is 7.81. The first kappa shape index (κ1) is 18.7. The van der Waals surface area contributed by atoms with Gasteiger partial charge in [0.05, 0.1) is 12.0 Å². The van der Waals surface area contributed by atoms with E-state index in [0.717, 1.165) is 38.0 Å². The number of carbonyl (C=O) groups excluding carboxylic acids is 2. The van der Waals surface area contributed by atoms with E-state index < -0.39 is 0 Å². The third-order valence-electron chi connectivity index (χ3n) is 5.80. The molecular weight excluding hydrogens is 350 g/mol. The second-order valence-corrected chi connectivity index (χ2v) is 7.81. The molecule has 4 rings (SSSR count). The van der Waals surface area contributed by atoms with Gasteiger partial charge in [-0.15, -0.1) is 0 Å². The van der Waals surface area contributed by atoms with Crippen LogP contribution in [0.1, 0.15) is 36.4 Å². The summed E-state index contributed by atoms with van der Waals surface area (Å²) in [6.45, 7) is 2.91. The van der Waals surface area contributed by atoms with Crippen LogP contribution >= 0.6 is 0 Å². The Hall–Kier alpha value is -2.66. The molecule has 0 aliphatic carbocycles. The first-order valence-electron chi connectivity index (χ1n) is 10.1. The van der Waals surface area contributed by atoms with Gasteiger partial charge in [-0.25, -0.2) is 0 Å². The normalized spacial score (nSPS) is 23.4. The van der Waals surface area contributed by atoms with Gasteiger partial charge >= 0.3 is 0 Å². The molecule has 2 aromatic carbocycles. The van der Waals surface area contributed by atoms with Crippen molar-refractivity contribution in [3.63, 3.8) is 0 Å². The summed E-state index contributed by atoms with van der Waals surface area (Å²) in [5.41, 5.74) is 2.32. The Labute approximate surface area is 166 Å². The predicted octanol–water partition coefficient (Wildman–Crippen LogP) is 2.64. The Morgan fingerprint density at radius 1 is 1.00 bits per heavy atom. The summed E-state index contributed by atoms with van der Waals surface area (Å²) >= 11 is 0. The van der Waals surface area contributed by atoms with E-state index in [-0.39, 0.29) is 36.2 Å². The maximum Gasteiger partial charge on any atom is 0.226 e. The Morgan fingerprint density at radius 3 is 2.32 bits per heavy atom. The molecule has 146 valence electrons. The largest absolute Gasteiger partial charge is 0.353 e. The molecule has 0 saturated carbocycles. The van der Waals surface area contributed by atoms with Crippen molar-refractivity contribution in [2.24, 2.45) is 5.92 Å². The van der Waals surface area contributed by atoms with Crippen molar-refractivity contribution in [3.05, 3.63) is 71.8 Å². The van der Waals surface area contributed by atoms with Crippen LogP contribution in [0.2, 0.25) is 0 Å². The van der Waals surface area contributed by atoms with Crippen LogP contribution in [0, 0.1) is 5.92 Å². The van der Waals surface area contributed by atoms with Gasteiger partial charge in [-0.2, -0.15) is 0 Å². The van der Waals surface area contributed by atoms with Gasteiger partial charge < -0.3 is 10.6 Å². The second kappa shape index (κ2) is 8.57. The molecule has 5 heteroatoms. The standard InChI is InChI=1S/C23H27N3O2/c27-21-15-20(22(25-21)18-9-5-2-6-10-18)23(28)24-19-11-13-26(14-12-19)16-17-7-3-1-4-8-17/h1-10,19-20,22H,11-16H2,(H,24,28)(H,25,27)/t20-,22+/m1/s1. The molecule has 2 heterocycles. The minimum atomic E-state index is -0.336. The number of rotatable bonds is 5. The lowest BCUT2D eigenvalue weighted by Gasteiger charge is -2.33. The summed E-state index contributed by atoms with van der Waals surface area (Å²) in [5.74, 6) is -0.391. The zero-order chi connectivity index (χ0) is 19.3. The topological polar surface area (TPSA) is 61.4 Å². The van der Waals surface area contributed by atoms with Crippen LogP contribution in [-0.4, -0.2) is 35.8 Å². The maximum absolute atomic E-state index is 12.9. The molecule has 5 nitrogen and oxygen atoms in total. The highest BCUT2D eigenvalue weighted by Gasteiger charge is 2.39. The lowest BCUT2D eigenvalue weighted by atomic mass is 9.92. The lowest BCUT2D eigenvalue weighted by Crippen LogP contribution is -2.46. The fourth-order valence-electron chi connectivity index (χ4n) is 4.26. The van der Waals surface area contributed by atoms with E-state index in [2.05, 4.69) is 39.8 Å². The van der Waals surface area contributed by atoms with Crippen molar-refractivity contribution in [2.75, 3.05) is 13.1 Å². The van der Waals surface area contributed by atoms with Crippen LogP contribution in [-0.2, 0) is 16.1 Å². The van der Waals surface area contributed by atoms with Gasteiger partial charge in [-0.05, 0) is 24.0 Å². The molecule has 2 aliphatic heterocycles. The molecule has 0 bridgehead atoms. The average Bonchev–Trinajstić information content (AvgIpc) is 3.13. The van der Waals surface area contributed by atoms with Crippen LogP contribution in [0.15, 0.2) is 60.7 Å². The van der Waals surface area contributed by atoms with Gasteiger partial charge in [0.2, 0.25) is 11.8 Å².